The minimum absolute atomic E-state index is 0.475. The van der Waals surface area contributed by atoms with Crippen LogP contribution in [0.5, 0.6) is 0 Å². The van der Waals surface area contributed by atoms with Gasteiger partial charge in [-0.3, -0.25) is 4.90 Å². The molecule has 0 aliphatic carbocycles. The Hall–Kier alpha value is -1.58. The van der Waals surface area contributed by atoms with Crippen molar-refractivity contribution in [1.82, 2.24) is 4.90 Å². The molecule has 3 heteroatoms. The summed E-state index contributed by atoms with van der Waals surface area (Å²) in [5.41, 5.74) is 9.72. The molecular formula is C14H16N2O. The normalized spacial score (nSPS) is 15.1. The predicted molar refractivity (Wildman–Crippen MR) is 66.0 cm³/mol. The highest BCUT2D eigenvalue weighted by Gasteiger charge is 2.19. The lowest BCUT2D eigenvalue weighted by molar-refractivity contribution is 0.273. The maximum absolute atomic E-state index is 5.64. The van der Waals surface area contributed by atoms with Crippen LogP contribution in [0.15, 0.2) is 41.0 Å². The van der Waals surface area contributed by atoms with Crippen LogP contribution in [-0.2, 0) is 26.2 Å². The minimum Gasteiger partial charge on any atom is -0.468 e. The van der Waals surface area contributed by atoms with Crippen LogP contribution in [-0.4, -0.2) is 4.90 Å². The molecular weight excluding hydrogens is 212 g/mol. The van der Waals surface area contributed by atoms with Gasteiger partial charge in [-0.05, 0) is 17.2 Å². The van der Waals surface area contributed by atoms with Crippen molar-refractivity contribution in [1.29, 1.82) is 0 Å². The van der Waals surface area contributed by atoms with E-state index < -0.39 is 0 Å². The van der Waals surface area contributed by atoms with Crippen molar-refractivity contribution in [2.24, 2.45) is 5.73 Å². The van der Waals surface area contributed by atoms with E-state index in [4.69, 9.17) is 10.2 Å². The molecule has 0 unspecified atom stereocenters. The molecule has 88 valence electrons. The van der Waals surface area contributed by atoms with Crippen molar-refractivity contribution in [2.45, 2.75) is 26.2 Å². The molecule has 1 aliphatic rings. The van der Waals surface area contributed by atoms with Gasteiger partial charge in [-0.2, -0.15) is 0 Å². The van der Waals surface area contributed by atoms with Crippen LogP contribution >= 0.6 is 0 Å². The first-order valence-electron chi connectivity index (χ1n) is 5.91. The van der Waals surface area contributed by atoms with E-state index in [9.17, 15) is 0 Å². The Morgan fingerprint density at radius 3 is 2.47 bits per heavy atom. The van der Waals surface area contributed by atoms with Gasteiger partial charge in [0.15, 0.2) is 0 Å². The summed E-state index contributed by atoms with van der Waals surface area (Å²) in [6.07, 6.45) is 1.72. The monoisotopic (exact) mass is 228 g/mol. The fourth-order valence-electron chi connectivity index (χ4n) is 2.44. The van der Waals surface area contributed by atoms with Crippen LogP contribution in [0.3, 0.4) is 0 Å². The van der Waals surface area contributed by atoms with Gasteiger partial charge in [0, 0.05) is 25.2 Å². The Bertz CT molecular complexity index is 493. The quantitative estimate of drug-likeness (QED) is 0.876. The standard InChI is InChI=1S/C14H16N2O/c15-7-14-13(5-6-17-14)10-16-8-11-3-1-2-4-12(11)9-16/h1-6H,7-10,15H2. The van der Waals surface area contributed by atoms with Gasteiger partial charge in [-0.15, -0.1) is 0 Å². The van der Waals surface area contributed by atoms with E-state index in [2.05, 4.69) is 29.2 Å². The molecule has 0 spiro atoms. The Balaban J connectivity index is 1.74. The number of nitrogens with zero attached hydrogens (tertiary/aromatic N) is 1. The molecule has 1 aliphatic heterocycles. The molecule has 0 bridgehead atoms. The molecule has 0 fully saturated rings. The molecule has 1 aromatic heterocycles. The Morgan fingerprint density at radius 2 is 1.82 bits per heavy atom. The van der Waals surface area contributed by atoms with Crippen LogP contribution in [0, 0.1) is 0 Å². The molecule has 0 atom stereocenters. The number of hydrogen-bond acceptors (Lipinski definition) is 3. The Kier molecular flexibility index (Phi) is 2.71. The molecule has 0 saturated carbocycles. The molecule has 3 nitrogen and oxygen atoms in total. The largest absolute Gasteiger partial charge is 0.468 e. The average Bonchev–Trinajstić information content (AvgIpc) is 2.94. The molecule has 2 heterocycles. The first-order chi connectivity index (χ1) is 8.36. The van der Waals surface area contributed by atoms with Gasteiger partial charge in [-0.25, -0.2) is 0 Å². The van der Waals surface area contributed by atoms with Gasteiger partial charge in [0.2, 0.25) is 0 Å². The van der Waals surface area contributed by atoms with Gasteiger partial charge in [-0.1, -0.05) is 24.3 Å². The van der Waals surface area contributed by atoms with Crippen LogP contribution in [0.4, 0.5) is 0 Å². The zero-order valence-corrected chi connectivity index (χ0v) is 9.73. The maximum Gasteiger partial charge on any atom is 0.121 e. The second kappa shape index (κ2) is 4.35. The van der Waals surface area contributed by atoms with E-state index in [0.29, 0.717) is 6.54 Å². The topological polar surface area (TPSA) is 42.4 Å². The predicted octanol–water partition coefficient (Wildman–Crippen LogP) is 2.25. The summed E-state index contributed by atoms with van der Waals surface area (Å²) in [4.78, 5) is 2.41. The van der Waals surface area contributed by atoms with Crippen molar-refractivity contribution in [2.75, 3.05) is 0 Å². The smallest absolute Gasteiger partial charge is 0.121 e. The van der Waals surface area contributed by atoms with Crippen LogP contribution in [0.1, 0.15) is 22.5 Å². The molecule has 0 radical (unpaired) electrons. The maximum atomic E-state index is 5.64. The average molecular weight is 228 g/mol. The Labute approximate surface area is 101 Å². The summed E-state index contributed by atoms with van der Waals surface area (Å²) >= 11 is 0. The lowest BCUT2D eigenvalue weighted by atomic mass is 10.1. The number of hydrogen-bond donors (Lipinski definition) is 1. The van der Waals surface area contributed by atoms with Crippen molar-refractivity contribution >= 4 is 0 Å². The highest BCUT2D eigenvalue weighted by Crippen LogP contribution is 2.24. The summed E-state index contributed by atoms with van der Waals surface area (Å²) in [6.45, 7) is 3.43. The lowest BCUT2D eigenvalue weighted by Gasteiger charge is -2.14. The van der Waals surface area contributed by atoms with E-state index in [1.54, 1.807) is 6.26 Å². The number of furan rings is 1. The summed E-state index contributed by atoms with van der Waals surface area (Å²) in [7, 11) is 0. The van der Waals surface area contributed by atoms with Crippen molar-refractivity contribution in [3.63, 3.8) is 0 Å². The molecule has 1 aromatic carbocycles. The third-order valence-electron chi connectivity index (χ3n) is 3.32. The molecule has 2 aromatic rings. The van der Waals surface area contributed by atoms with Crippen LogP contribution in [0.25, 0.3) is 0 Å². The first-order valence-corrected chi connectivity index (χ1v) is 5.91. The molecule has 2 N–H and O–H groups in total. The van der Waals surface area contributed by atoms with Crippen molar-refractivity contribution in [3.05, 3.63) is 59.0 Å². The highest BCUT2D eigenvalue weighted by molar-refractivity contribution is 5.30. The number of nitrogens with two attached hydrogens (primary N) is 1. The van der Waals surface area contributed by atoms with Crippen molar-refractivity contribution in [3.8, 4) is 0 Å². The zero-order valence-electron chi connectivity index (χ0n) is 9.73. The van der Waals surface area contributed by atoms with Gasteiger partial charge in [0.1, 0.15) is 5.76 Å². The molecule has 0 saturated heterocycles. The lowest BCUT2D eigenvalue weighted by Crippen LogP contribution is -2.16. The van der Waals surface area contributed by atoms with Gasteiger partial charge >= 0.3 is 0 Å². The van der Waals surface area contributed by atoms with E-state index >= 15 is 0 Å². The van der Waals surface area contributed by atoms with Gasteiger partial charge < -0.3 is 10.2 Å². The fourth-order valence-corrected chi connectivity index (χ4v) is 2.44. The summed E-state index contributed by atoms with van der Waals surface area (Å²) < 4.78 is 5.35. The summed E-state index contributed by atoms with van der Waals surface area (Å²) in [5.74, 6) is 0.904. The molecule has 3 rings (SSSR count). The first kappa shape index (κ1) is 10.6. The molecule has 17 heavy (non-hydrogen) atoms. The van der Waals surface area contributed by atoms with Crippen LogP contribution in [0.2, 0.25) is 0 Å². The second-order valence-corrected chi connectivity index (χ2v) is 4.49. The highest BCUT2D eigenvalue weighted by atomic mass is 16.3. The number of fused-ring (bicyclic) bond motifs is 1. The SMILES string of the molecule is NCc1occc1CN1Cc2ccccc2C1. The van der Waals surface area contributed by atoms with Crippen LogP contribution < -0.4 is 5.73 Å². The molecule has 0 amide bonds. The van der Waals surface area contributed by atoms with E-state index in [0.717, 1.165) is 25.4 Å². The second-order valence-electron chi connectivity index (χ2n) is 4.49. The summed E-state index contributed by atoms with van der Waals surface area (Å²) in [5, 5.41) is 0. The van der Waals surface area contributed by atoms with E-state index in [1.807, 2.05) is 6.07 Å². The van der Waals surface area contributed by atoms with Gasteiger partial charge in [0.05, 0.1) is 12.8 Å². The van der Waals surface area contributed by atoms with E-state index in [1.165, 1.54) is 16.7 Å². The Morgan fingerprint density at radius 1 is 1.12 bits per heavy atom. The number of rotatable bonds is 3. The zero-order chi connectivity index (χ0) is 11.7. The van der Waals surface area contributed by atoms with Gasteiger partial charge in [0.25, 0.3) is 0 Å². The number of benzene rings is 1. The van der Waals surface area contributed by atoms with E-state index in [-0.39, 0.29) is 0 Å². The summed E-state index contributed by atoms with van der Waals surface area (Å²) in [6, 6.07) is 10.6. The van der Waals surface area contributed by atoms with Crippen molar-refractivity contribution < 1.29 is 4.42 Å². The third-order valence-corrected chi connectivity index (χ3v) is 3.32. The third kappa shape index (κ3) is 1.99. The fraction of sp³-hybridized carbons (Fsp3) is 0.286. The minimum atomic E-state index is 0.475.